The van der Waals surface area contributed by atoms with Crippen LogP contribution in [0.25, 0.3) is 0 Å². The van der Waals surface area contributed by atoms with Crippen molar-refractivity contribution in [2.24, 2.45) is 11.8 Å². The minimum Gasteiger partial charge on any atom is -0.362 e. The zero-order valence-electron chi connectivity index (χ0n) is 13.5. The van der Waals surface area contributed by atoms with Gasteiger partial charge in [-0.2, -0.15) is 0 Å². The van der Waals surface area contributed by atoms with Crippen molar-refractivity contribution in [3.05, 3.63) is 45.3 Å². The molecule has 0 amide bonds. The molecule has 6 nitrogen and oxygen atoms in total. The zero-order chi connectivity index (χ0) is 17.8. The van der Waals surface area contributed by atoms with Gasteiger partial charge in [0, 0.05) is 11.8 Å². The maximum absolute atomic E-state index is 12.8. The van der Waals surface area contributed by atoms with Gasteiger partial charge < -0.3 is 20.4 Å². The summed E-state index contributed by atoms with van der Waals surface area (Å²) in [4.78, 5) is -0.0702. The summed E-state index contributed by atoms with van der Waals surface area (Å²) in [7, 11) is -3.89. The maximum Gasteiger partial charge on any atom is 0.205 e. The molecule has 2 rings (SSSR count). The first-order valence-electron chi connectivity index (χ1n) is 7.27. The van der Waals surface area contributed by atoms with Crippen molar-refractivity contribution < 1.29 is 28.8 Å². The Morgan fingerprint density at radius 2 is 1.13 bits per heavy atom. The largest absolute Gasteiger partial charge is 0.362 e. The van der Waals surface area contributed by atoms with Crippen molar-refractivity contribution in [1.29, 1.82) is 0 Å². The molecule has 0 spiro atoms. The molecule has 7 heteroatoms. The van der Waals surface area contributed by atoms with Crippen molar-refractivity contribution in [3.63, 3.8) is 0 Å². The summed E-state index contributed by atoms with van der Waals surface area (Å²) < 4.78 is 25.6. The first-order chi connectivity index (χ1) is 10.3. The molecule has 2 unspecified atom stereocenters. The molecule has 2 aliphatic carbocycles. The Balaban J connectivity index is 2.50. The van der Waals surface area contributed by atoms with Gasteiger partial charge in [0.25, 0.3) is 0 Å². The lowest BCUT2D eigenvalue weighted by atomic mass is 9.89. The summed E-state index contributed by atoms with van der Waals surface area (Å²) in [6.07, 6.45) is 5.03. The lowest BCUT2D eigenvalue weighted by Crippen LogP contribution is -2.40. The van der Waals surface area contributed by atoms with Crippen molar-refractivity contribution in [2.45, 2.75) is 39.3 Å². The molecule has 0 saturated carbocycles. The molecule has 23 heavy (non-hydrogen) atoms. The van der Waals surface area contributed by atoms with Crippen LogP contribution in [0.15, 0.2) is 45.3 Å². The highest BCUT2D eigenvalue weighted by Gasteiger charge is 2.40. The van der Waals surface area contributed by atoms with Crippen LogP contribution in [0.1, 0.15) is 27.7 Å². The van der Waals surface area contributed by atoms with Crippen LogP contribution in [0.3, 0.4) is 0 Å². The minimum atomic E-state index is -3.89. The second-order valence-corrected chi connectivity index (χ2v) is 8.28. The molecule has 0 radical (unpaired) electrons. The fourth-order valence-electron chi connectivity index (χ4n) is 2.65. The van der Waals surface area contributed by atoms with Gasteiger partial charge in [-0.1, -0.05) is 26.0 Å². The monoisotopic (exact) mass is 342 g/mol. The van der Waals surface area contributed by atoms with Crippen molar-refractivity contribution >= 4 is 9.84 Å². The fraction of sp³-hybridized carbons (Fsp3) is 0.500. The van der Waals surface area contributed by atoms with E-state index in [0.717, 1.165) is 0 Å². The number of hydrogen-bond acceptors (Lipinski definition) is 6. The Morgan fingerprint density at radius 1 is 0.826 bits per heavy atom. The molecule has 2 atom stereocenters. The molecule has 0 aliphatic heterocycles. The Morgan fingerprint density at radius 3 is 1.39 bits per heavy atom. The lowest BCUT2D eigenvalue weighted by molar-refractivity contribution is -0.154. The zero-order valence-corrected chi connectivity index (χ0v) is 14.3. The van der Waals surface area contributed by atoms with Gasteiger partial charge in [0.2, 0.25) is 9.84 Å². The first-order valence-corrected chi connectivity index (χ1v) is 8.75. The van der Waals surface area contributed by atoms with E-state index in [-0.39, 0.29) is 21.0 Å². The summed E-state index contributed by atoms with van der Waals surface area (Å²) in [6.45, 7) is 5.92. The maximum atomic E-state index is 12.8. The SMILES string of the molecule is CC1=CC(S(=O)(=O)C2=CC(C)C(O)(O)C(C)=C2)=CC(C)C1(O)O. The predicted octanol–water partition coefficient (Wildman–Crippen LogP) is 0.723. The quantitative estimate of drug-likeness (QED) is 0.550. The summed E-state index contributed by atoms with van der Waals surface area (Å²) >= 11 is 0. The van der Waals surface area contributed by atoms with Crippen LogP contribution in [-0.2, 0) is 9.84 Å². The smallest absolute Gasteiger partial charge is 0.205 e. The average molecular weight is 342 g/mol. The van der Waals surface area contributed by atoms with Crippen molar-refractivity contribution in [2.75, 3.05) is 0 Å². The Kier molecular flexibility index (Phi) is 4.24. The van der Waals surface area contributed by atoms with E-state index in [0.29, 0.717) is 0 Å². The molecule has 0 aromatic heterocycles. The van der Waals surface area contributed by atoms with Gasteiger partial charge in [-0.25, -0.2) is 8.42 Å². The highest BCUT2D eigenvalue weighted by atomic mass is 32.2. The van der Waals surface area contributed by atoms with Crippen LogP contribution in [0.2, 0.25) is 0 Å². The van der Waals surface area contributed by atoms with Gasteiger partial charge in [0.15, 0.2) is 11.6 Å². The van der Waals surface area contributed by atoms with E-state index in [1.165, 1.54) is 52.0 Å². The van der Waals surface area contributed by atoms with E-state index in [9.17, 15) is 28.8 Å². The molecule has 2 aliphatic rings. The summed E-state index contributed by atoms with van der Waals surface area (Å²) in [6, 6.07) is 0. The van der Waals surface area contributed by atoms with Crippen molar-refractivity contribution in [1.82, 2.24) is 0 Å². The van der Waals surface area contributed by atoms with Crippen LogP contribution >= 0.6 is 0 Å². The van der Waals surface area contributed by atoms with E-state index in [2.05, 4.69) is 0 Å². The standard InChI is InChI=1S/C16H22O6S/c1-9-5-13(6-10(2)15(9,17)18)23(21,22)14-7-11(3)16(19,20)12(4)8-14/h5-9,11,17-20H,1-4H3. The minimum absolute atomic E-state index is 0.0351. The number of rotatable bonds is 2. The average Bonchev–Trinajstić information content (AvgIpc) is 2.42. The topological polar surface area (TPSA) is 115 Å². The lowest BCUT2D eigenvalue weighted by Gasteiger charge is -2.33. The molecule has 0 saturated heterocycles. The normalized spacial score (nSPS) is 30.1. The van der Waals surface area contributed by atoms with Gasteiger partial charge in [0.1, 0.15) is 0 Å². The van der Waals surface area contributed by atoms with Crippen LogP contribution in [0.5, 0.6) is 0 Å². The highest BCUT2D eigenvalue weighted by Crippen LogP contribution is 2.38. The van der Waals surface area contributed by atoms with Gasteiger partial charge in [-0.05, 0) is 37.1 Å². The number of sulfone groups is 1. The van der Waals surface area contributed by atoms with E-state index in [4.69, 9.17) is 0 Å². The first kappa shape index (κ1) is 18.1. The molecule has 0 aromatic rings. The molecule has 0 fully saturated rings. The molecular formula is C16H22O6S. The van der Waals surface area contributed by atoms with E-state index >= 15 is 0 Å². The number of hydrogen-bond donors (Lipinski definition) is 4. The van der Waals surface area contributed by atoms with Crippen molar-refractivity contribution in [3.8, 4) is 0 Å². The highest BCUT2D eigenvalue weighted by molar-refractivity contribution is 7.99. The van der Waals surface area contributed by atoms with E-state index in [1.807, 2.05) is 0 Å². The molecular weight excluding hydrogens is 320 g/mol. The predicted molar refractivity (Wildman–Crippen MR) is 85.3 cm³/mol. The second kappa shape index (κ2) is 5.39. The number of aliphatic hydroxyl groups is 4. The molecule has 0 heterocycles. The van der Waals surface area contributed by atoms with Crippen LogP contribution in [0.4, 0.5) is 0 Å². The second-order valence-electron chi connectivity index (χ2n) is 6.33. The molecule has 0 aromatic carbocycles. The Bertz CT molecular complexity index is 691. The molecule has 0 bridgehead atoms. The Hall–Kier alpha value is -1.25. The number of allylic oxidation sites excluding steroid dienone is 2. The van der Waals surface area contributed by atoms with Gasteiger partial charge in [-0.15, -0.1) is 0 Å². The van der Waals surface area contributed by atoms with E-state index < -0.39 is 33.2 Å². The summed E-state index contributed by atoms with van der Waals surface area (Å²) in [5, 5.41) is 39.7. The van der Waals surface area contributed by atoms with Crippen LogP contribution in [-0.4, -0.2) is 40.4 Å². The van der Waals surface area contributed by atoms with Crippen LogP contribution < -0.4 is 0 Å². The third-order valence-electron chi connectivity index (χ3n) is 4.60. The van der Waals surface area contributed by atoms with Crippen LogP contribution in [0, 0.1) is 11.8 Å². The van der Waals surface area contributed by atoms with Gasteiger partial charge >= 0.3 is 0 Å². The van der Waals surface area contributed by atoms with E-state index in [1.54, 1.807) is 0 Å². The summed E-state index contributed by atoms with van der Waals surface area (Å²) in [5.41, 5.74) is 0.268. The van der Waals surface area contributed by atoms with Gasteiger partial charge in [-0.3, -0.25) is 0 Å². The molecule has 128 valence electrons. The fourth-order valence-corrected chi connectivity index (χ4v) is 4.35. The van der Waals surface area contributed by atoms with Gasteiger partial charge in [0.05, 0.1) is 9.81 Å². The third kappa shape index (κ3) is 2.83. The third-order valence-corrected chi connectivity index (χ3v) is 6.35. The molecule has 4 N–H and O–H groups in total. The summed E-state index contributed by atoms with van der Waals surface area (Å²) in [5.74, 6) is -5.74. The Labute approximate surface area is 135 Å².